The molecule has 3 rings (SSSR count). The maximum Gasteiger partial charge on any atom is 0.415 e. The number of hydrogen-bond donors (Lipinski definition) is 3. The van der Waals surface area contributed by atoms with E-state index in [4.69, 9.17) is 13.9 Å². The Balaban J connectivity index is 1.65. The molecule has 1 atom stereocenters. The largest absolute Gasteiger partial charge is 0.490 e. The zero-order valence-corrected chi connectivity index (χ0v) is 17.5. The lowest BCUT2D eigenvalue weighted by molar-refractivity contribution is 0.105. The summed E-state index contributed by atoms with van der Waals surface area (Å²) < 4.78 is 17.0. The predicted molar refractivity (Wildman–Crippen MR) is 112 cm³/mol. The number of amides is 1. The molecule has 1 aromatic carbocycles. The fourth-order valence-corrected chi connectivity index (χ4v) is 3.61. The second kappa shape index (κ2) is 9.98. The van der Waals surface area contributed by atoms with Gasteiger partial charge in [-0.2, -0.15) is 0 Å². The minimum atomic E-state index is -0.628. The maximum atomic E-state index is 12.3. The smallest absolute Gasteiger partial charge is 0.415 e. The zero-order valence-electron chi connectivity index (χ0n) is 17.5. The molecule has 2 aromatic rings. The summed E-state index contributed by atoms with van der Waals surface area (Å²) in [6.45, 7) is 6.48. The van der Waals surface area contributed by atoms with Gasteiger partial charge in [-0.3, -0.25) is 0 Å². The second-order valence-electron chi connectivity index (χ2n) is 8.04. The first-order valence-corrected chi connectivity index (χ1v) is 10.5. The molecule has 1 saturated carbocycles. The number of carbonyl (C=O) groups excluding carboxylic acids is 1. The van der Waals surface area contributed by atoms with Crippen molar-refractivity contribution in [2.24, 2.45) is 0 Å². The summed E-state index contributed by atoms with van der Waals surface area (Å²) >= 11 is 0. The molecule has 7 nitrogen and oxygen atoms in total. The standard InChI is InChI=1S/C22H32N2O5/c1-14(2)23-12-17(25)13-27-18-10-7-11-19-20(18)15(3)21(28-19)29-22(26)24-16-8-5-4-6-9-16/h7,10-11,14,16-17,23,25H,4-6,8-9,12-13H2,1-3H3,(H,24,26). The summed E-state index contributed by atoms with van der Waals surface area (Å²) in [5.41, 5.74) is 1.28. The van der Waals surface area contributed by atoms with E-state index in [9.17, 15) is 9.90 Å². The molecular weight excluding hydrogens is 372 g/mol. The van der Waals surface area contributed by atoms with E-state index in [0.717, 1.165) is 31.1 Å². The van der Waals surface area contributed by atoms with Gasteiger partial charge in [-0.25, -0.2) is 4.79 Å². The molecule has 160 valence electrons. The molecule has 1 aliphatic carbocycles. The van der Waals surface area contributed by atoms with Gasteiger partial charge < -0.3 is 29.6 Å². The number of aliphatic hydroxyl groups is 1. The number of nitrogens with one attached hydrogen (secondary N) is 2. The number of carbonyl (C=O) groups is 1. The number of aliphatic hydroxyl groups excluding tert-OH is 1. The average Bonchev–Trinajstić information content (AvgIpc) is 3.01. The molecule has 1 aliphatic rings. The quantitative estimate of drug-likeness (QED) is 0.618. The van der Waals surface area contributed by atoms with Crippen LogP contribution in [0.5, 0.6) is 11.7 Å². The third-order valence-corrected chi connectivity index (χ3v) is 5.18. The Labute approximate surface area is 171 Å². The fraction of sp³-hybridized carbons (Fsp3) is 0.591. The van der Waals surface area contributed by atoms with E-state index in [1.165, 1.54) is 6.42 Å². The third kappa shape index (κ3) is 5.87. The molecule has 0 saturated heterocycles. The van der Waals surface area contributed by atoms with Crippen molar-refractivity contribution in [2.75, 3.05) is 13.2 Å². The van der Waals surface area contributed by atoms with Crippen LogP contribution < -0.4 is 20.1 Å². The van der Waals surface area contributed by atoms with E-state index in [0.29, 0.717) is 29.5 Å². The lowest BCUT2D eigenvalue weighted by Crippen LogP contribution is -2.38. The predicted octanol–water partition coefficient (Wildman–Crippen LogP) is 3.90. The summed E-state index contributed by atoms with van der Waals surface area (Å²) in [4.78, 5) is 12.3. The summed E-state index contributed by atoms with van der Waals surface area (Å²) in [6, 6.07) is 5.90. The molecule has 3 N–H and O–H groups in total. The molecule has 0 bridgehead atoms. The first-order chi connectivity index (χ1) is 13.9. The summed E-state index contributed by atoms with van der Waals surface area (Å²) in [5.74, 6) is 0.765. The van der Waals surface area contributed by atoms with Gasteiger partial charge in [0, 0.05) is 24.2 Å². The van der Waals surface area contributed by atoms with Crippen LogP contribution in [0.3, 0.4) is 0 Å². The second-order valence-corrected chi connectivity index (χ2v) is 8.04. The van der Waals surface area contributed by atoms with E-state index >= 15 is 0 Å². The van der Waals surface area contributed by atoms with Gasteiger partial charge in [-0.15, -0.1) is 0 Å². The molecular formula is C22H32N2O5. The van der Waals surface area contributed by atoms with Crippen LogP contribution in [0.2, 0.25) is 0 Å². The molecule has 0 radical (unpaired) electrons. The number of hydrogen-bond acceptors (Lipinski definition) is 6. The first-order valence-electron chi connectivity index (χ1n) is 10.5. The van der Waals surface area contributed by atoms with Gasteiger partial charge in [0.05, 0.1) is 5.39 Å². The van der Waals surface area contributed by atoms with Crippen molar-refractivity contribution in [1.29, 1.82) is 0 Å². The van der Waals surface area contributed by atoms with Crippen molar-refractivity contribution in [2.45, 2.75) is 71.1 Å². The minimum Gasteiger partial charge on any atom is -0.490 e. The van der Waals surface area contributed by atoms with Crippen LogP contribution in [0, 0.1) is 6.92 Å². The van der Waals surface area contributed by atoms with Crippen LogP contribution in [0.25, 0.3) is 11.0 Å². The SMILES string of the molecule is Cc1c(OC(=O)NC2CCCCC2)oc2cccc(OCC(O)CNC(C)C)c12. The number of aryl methyl sites for hydroxylation is 1. The first kappa shape index (κ1) is 21.5. The highest BCUT2D eigenvalue weighted by Gasteiger charge is 2.21. The molecule has 1 aromatic heterocycles. The highest BCUT2D eigenvalue weighted by Crippen LogP contribution is 2.37. The highest BCUT2D eigenvalue weighted by atomic mass is 16.6. The monoisotopic (exact) mass is 404 g/mol. The Kier molecular flexibility index (Phi) is 7.39. The van der Waals surface area contributed by atoms with E-state index in [-0.39, 0.29) is 18.6 Å². The van der Waals surface area contributed by atoms with Crippen molar-refractivity contribution in [3.05, 3.63) is 23.8 Å². The molecule has 1 amide bonds. The van der Waals surface area contributed by atoms with Gasteiger partial charge in [0.1, 0.15) is 24.0 Å². The van der Waals surface area contributed by atoms with Crippen molar-refractivity contribution >= 4 is 17.1 Å². The van der Waals surface area contributed by atoms with Gasteiger partial charge >= 0.3 is 6.09 Å². The van der Waals surface area contributed by atoms with Crippen molar-refractivity contribution in [3.63, 3.8) is 0 Å². The van der Waals surface area contributed by atoms with Gasteiger partial charge in [0.15, 0.2) is 0 Å². The fourth-order valence-electron chi connectivity index (χ4n) is 3.61. The van der Waals surface area contributed by atoms with Gasteiger partial charge in [-0.1, -0.05) is 39.2 Å². The van der Waals surface area contributed by atoms with Crippen LogP contribution in [0.4, 0.5) is 4.79 Å². The number of ether oxygens (including phenoxy) is 2. The Morgan fingerprint density at radius 1 is 1.28 bits per heavy atom. The van der Waals surface area contributed by atoms with Crippen LogP contribution >= 0.6 is 0 Å². The highest BCUT2D eigenvalue weighted by molar-refractivity contribution is 5.90. The number of furan rings is 1. The lowest BCUT2D eigenvalue weighted by Gasteiger charge is -2.21. The molecule has 29 heavy (non-hydrogen) atoms. The Morgan fingerprint density at radius 2 is 2.03 bits per heavy atom. The van der Waals surface area contributed by atoms with Crippen LogP contribution in [0.15, 0.2) is 22.6 Å². The summed E-state index contributed by atoms with van der Waals surface area (Å²) in [5, 5.41) is 16.9. The maximum absolute atomic E-state index is 12.3. The van der Waals surface area contributed by atoms with Gasteiger partial charge in [-0.05, 0) is 31.9 Å². The van der Waals surface area contributed by atoms with E-state index in [2.05, 4.69) is 10.6 Å². The van der Waals surface area contributed by atoms with E-state index in [1.54, 1.807) is 6.07 Å². The normalized spacial score (nSPS) is 16.2. The van der Waals surface area contributed by atoms with Gasteiger partial charge in [0.2, 0.25) is 0 Å². The Hall–Kier alpha value is -2.25. The zero-order chi connectivity index (χ0) is 20.8. The molecule has 0 spiro atoms. The summed E-state index contributed by atoms with van der Waals surface area (Å²) in [7, 11) is 0. The summed E-state index contributed by atoms with van der Waals surface area (Å²) in [6.07, 6.45) is 4.34. The molecule has 1 unspecified atom stereocenters. The molecule has 0 aliphatic heterocycles. The van der Waals surface area contributed by atoms with Gasteiger partial charge in [0.25, 0.3) is 5.95 Å². The Bertz CT molecular complexity index is 811. The number of fused-ring (bicyclic) bond motifs is 1. The van der Waals surface area contributed by atoms with E-state index in [1.807, 2.05) is 32.9 Å². The lowest BCUT2D eigenvalue weighted by atomic mass is 9.96. The topological polar surface area (TPSA) is 93.0 Å². The van der Waals surface area contributed by atoms with Crippen molar-refractivity contribution in [3.8, 4) is 11.7 Å². The number of rotatable bonds is 8. The third-order valence-electron chi connectivity index (χ3n) is 5.18. The van der Waals surface area contributed by atoms with Crippen LogP contribution in [-0.4, -0.2) is 42.5 Å². The number of benzene rings is 1. The van der Waals surface area contributed by atoms with Crippen molar-refractivity contribution in [1.82, 2.24) is 10.6 Å². The average molecular weight is 405 g/mol. The van der Waals surface area contributed by atoms with Crippen LogP contribution in [-0.2, 0) is 0 Å². The van der Waals surface area contributed by atoms with Crippen LogP contribution in [0.1, 0.15) is 51.5 Å². The molecule has 1 fully saturated rings. The molecule has 7 heteroatoms. The minimum absolute atomic E-state index is 0.155. The molecule has 1 heterocycles. The van der Waals surface area contributed by atoms with E-state index < -0.39 is 12.2 Å². The van der Waals surface area contributed by atoms with Crippen molar-refractivity contribution < 1.29 is 23.8 Å². The Morgan fingerprint density at radius 3 is 2.76 bits per heavy atom.